The van der Waals surface area contributed by atoms with E-state index in [1.807, 2.05) is 24.3 Å². The Kier molecular flexibility index (Phi) is 2.40. The Hall–Kier alpha value is -1.35. The molecule has 2 atom stereocenters. The number of aromatic nitrogens is 1. The van der Waals surface area contributed by atoms with Gasteiger partial charge in [0.05, 0.1) is 0 Å². The predicted molar refractivity (Wildman–Crippen MR) is 62.4 cm³/mol. The number of fused-ring (bicyclic) bond motifs is 1. The molecule has 2 aromatic rings. The van der Waals surface area contributed by atoms with Gasteiger partial charge >= 0.3 is 0 Å². The van der Waals surface area contributed by atoms with Crippen molar-refractivity contribution in [3.63, 3.8) is 0 Å². The summed E-state index contributed by atoms with van der Waals surface area (Å²) in [4.78, 5) is 4.56. The second-order valence-corrected chi connectivity index (χ2v) is 4.50. The zero-order valence-electron chi connectivity index (χ0n) is 9.39. The maximum Gasteiger partial charge on any atom is 0.198 e. The van der Waals surface area contributed by atoms with Gasteiger partial charge in [-0.25, -0.2) is 10.3 Å². The average molecular weight is 215 g/mol. The molecule has 3 rings (SSSR count). The second-order valence-electron chi connectivity index (χ2n) is 4.50. The number of benzene rings is 1. The molecule has 2 unspecified atom stereocenters. The smallest absolute Gasteiger partial charge is 0.198 e. The van der Waals surface area contributed by atoms with Crippen LogP contribution in [0.5, 0.6) is 0 Å². The third-order valence-electron chi connectivity index (χ3n) is 3.20. The Labute approximate surface area is 94.9 Å². The lowest BCUT2D eigenvalue weighted by molar-refractivity contribution is 0.331. The molecule has 3 heteroatoms. The molecule has 1 saturated heterocycles. The Morgan fingerprint density at radius 2 is 2.19 bits per heavy atom. The van der Waals surface area contributed by atoms with Crippen LogP contribution in [0.25, 0.3) is 11.1 Å². The summed E-state index contributed by atoms with van der Waals surface area (Å²) >= 11 is 0. The van der Waals surface area contributed by atoms with Crippen molar-refractivity contribution in [2.24, 2.45) is 0 Å². The first kappa shape index (κ1) is 9.85. The van der Waals surface area contributed by atoms with Crippen molar-refractivity contribution in [1.29, 1.82) is 0 Å². The number of para-hydroxylation sites is 2. The third-order valence-corrected chi connectivity index (χ3v) is 3.20. The number of piperidine rings is 1. The van der Waals surface area contributed by atoms with Gasteiger partial charge < -0.3 is 4.42 Å². The van der Waals surface area contributed by atoms with E-state index < -0.39 is 0 Å². The largest absolute Gasteiger partial charge is 0.440 e. The highest BCUT2D eigenvalue weighted by Gasteiger charge is 2.24. The fraction of sp³-hybridized carbons (Fsp3) is 0.462. The molecule has 1 aliphatic rings. The Bertz CT molecular complexity index is 458. The van der Waals surface area contributed by atoms with Crippen LogP contribution in [-0.4, -0.2) is 17.6 Å². The number of rotatable bonds is 1. The lowest BCUT2D eigenvalue weighted by Gasteiger charge is -2.23. The van der Waals surface area contributed by atoms with Gasteiger partial charge in [-0.15, -0.1) is 0 Å². The molecule has 2 heterocycles. The van der Waals surface area contributed by atoms with E-state index in [0.29, 0.717) is 12.0 Å². The van der Waals surface area contributed by atoms with Crippen LogP contribution in [0.2, 0.25) is 0 Å². The molecule has 0 aliphatic carbocycles. The van der Waals surface area contributed by atoms with Crippen molar-refractivity contribution >= 4 is 11.1 Å². The molecular formula is C13H15N2O. The molecule has 1 aromatic heterocycles. The van der Waals surface area contributed by atoms with E-state index in [1.165, 1.54) is 0 Å². The van der Waals surface area contributed by atoms with Gasteiger partial charge in [0, 0.05) is 18.5 Å². The Balaban J connectivity index is 1.93. The predicted octanol–water partition coefficient (Wildman–Crippen LogP) is 2.70. The van der Waals surface area contributed by atoms with Crippen molar-refractivity contribution in [2.45, 2.75) is 31.7 Å². The van der Waals surface area contributed by atoms with Gasteiger partial charge in [0.2, 0.25) is 0 Å². The van der Waals surface area contributed by atoms with E-state index in [-0.39, 0.29) is 0 Å². The number of nitrogens with zero attached hydrogens (tertiary/aromatic N) is 2. The molecule has 1 fully saturated rings. The molecule has 0 saturated carbocycles. The molecule has 0 N–H and O–H groups in total. The van der Waals surface area contributed by atoms with Gasteiger partial charge in [-0.05, 0) is 31.9 Å². The molecule has 1 radical (unpaired) electrons. The number of oxazole rings is 1. The van der Waals surface area contributed by atoms with Crippen LogP contribution in [0.1, 0.15) is 31.6 Å². The van der Waals surface area contributed by atoms with Gasteiger partial charge in [0.1, 0.15) is 5.52 Å². The zero-order chi connectivity index (χ0) is 11.0. The van der Waals surface area contributed by atoms with Crippen LogP contribution in [0.4, 0.5) is 0 Å². The zero-order valence-corrected chi connectivity index (χ0v) is 9.39. The molecule has 3 nitrogen and oxygen atoms in total. The van der Waals surface area contributed by atoms with Gasteiger partial charge in [-0.2, -0.15) is 0 Å². The number of hydrogen-bond acceptors (Lipinski definition) is 2. The topological polar surface area (TPSA) is 40.1 Å². The molecule has 16 heavy (non-hydrogen) atoms. The van der Waals surface area contributed by atoms with Crippen molar-refractivity contribution in [3.05, 3.63) is 30.2 Å². The van der Waals surface area contributed by atoms with Crippen LogP contribution in [-0.2, 0) is 0 Å². The third kappa shape index (κ3) is 1.71. The van der Waals surface area contributed by atoms with Gasteiger partial charge in [0.25, 0.3) is 0 Å². The highest BCUT2D eigenvalue weighted by atomic mass is 16.3. The first-order valence-electron chi connectivity index (χ1n) is 5.85. The molecule has 1 aromatic carbocycles. The van der Waals surface area contributed by atoms with Gasteiger partial charge in [0.15, 0.2) is 11.5 Å². The summed E-state index contributed by atoms with van der Waals surface area (Å²) in [5.74, 6) is 1.34. The van der Waals surface area contributed by atoms with Crippen LogP contribution >= 0.6 is 0 Å². The summed E-state index contributed by atoms with van der Waals surface area (Å²) in [6, 6.07) is 8.39. The normalized spacial score (nSPS) is 26.1. The molecule has 0 amide bonds. The SMILES string of the molecule is CC1CC(c2nc3ccccc3o2)CC[N]1. The fourth-order valence-electron chi connectivity index (χ4n) is 2.34. The molecule has 0 spiro atoms. The van der Waals surface area contributed by atoms with Crippen molar-refractivity contribution in [2.75, 3.05) is 6.54 Å². The van der Waals surface area contributed by atoms with Gasteiger partial charge in [-0.3, -0.25) is 0 Å². The average Bonchev–Trinajstić information content (AvgIpc) is 2.72. The van der Waals surface area contributed by atoms with E-state index in [2.05, 4.69) is 17.2 Å². The molecule has 1 aliphatic heterocycles. The highest BCUT2D eigenvalue weighted by molar-refractivity contribution is 5.72. The van der Waals surface area contributed by atoms with Crippen LogP contribution in [0, 0.1) is 0 Å². The Morgan fingerprint density at radius 3 is 3.00 bits per heavy atom. The fourth-order valence-corrected chi connectivity index (χ4v) is 2.34. The van der Waals surface area contributed by atoms with E-state index >= 15 is 0 Å². The first-order valence-corrected chi connectivity index (χ1v) is 5.85. The molecular weight excluding hydrogens is 200 g/mol. The summed E-state index contributed by atoms with van der Waals surface area (Å²) in [7, 11) is 0. The maximum absolute atomic E-state index is 5.80. The maximum atomic E-state index is 5.80. The lowest BCUT2D eigenvalue weighted by Crippen LogP contribution is -2.29. The highest BCUT2D eigenvalue weighted by Crippen LogP contribution is 2.29. The summed E-state index contributed by atoms with van der Waals surface area (Å²) in [5.41, 5.74) is 1.86. The van der Waals surface area contributed by atoms with Crippen molar-refractivity contribution in [1.82, 2.24) is 10.3 Å². The van der Waals surface area contributed by atoms with Crippen molar-refractivity contribution < 1.29 is 4.42 Å². The molecule has 83 valence electrons. The summed E-state index contributed by atoms with van der Waals surface area (Å²) in [5, 5.41) is 4.49. The molecule has 0 bridgehead atoms. The first-order chi connectivity index (χ1) is 7.83. The van der Waals surface area contributed by atoms with Crippen LogP contribution in [0.15, 0.2) is 28.7 Å². The summed E-state index contributed by atoms with van der Waals surface area (Å²) in [6.07, 6.45) is 2.13. The Morgan fingerprint density at radius 1 is 1.31 bits per heavy atom. The van der Waals surface area contributed by atoms with Crippen LogP contribution in [0.3, 0.4) is 0 Å². The minimum Gasteiger partial charge on any atom is -0.440 e. The monoisotopic (exact) mass is 215 g/mol. The minimum atomic E-state index is 0.439. The van der Waals surface area contributed by atoms with E-state index in [4.69, 9.17) is 4.42 Å². The summed E-state index contributed by atoms with van der Waals surface area (Å²) < 4.78 is 5.80. The minimum absolute atomic E-state index is 0.439. The van der Waals surface area contributed by atoms with E-state index in [9.17, 15) is 0 Å². The number of hydrogen-bond donors (Lipinski definition) is 0. The standard InChI is InChI=1S/C13H15N2O/c1-9-8-10(6-7-14-9)13-15-11-4-2-3-5-12(11)16-13/h2-5,9-10H,6-8H2,1H3. The van der Waals surface area contributed by atoms with E-state index in [1.54, 1.807) is 0 Å². The lowest BCUT2D eigenvalue weighted by atomic mass is 9.93. The van der Waals surface area contributed by atoms with E-state index in [0.717, 1.165) is 36.4 Å². The second kappa shape index (κ2) is 3.91. The van der Waals surface area contributed by atoms with Crippen molar-refractivity contribution in [3.8, 4) is 0 Å². The van der Waals surface area contributed by atoms with Gasteiger partial charge in [-0.1, -0.05) is 12.1 Å². The summed E-state index contributed by atoms with van der Waals surface area (Å²) in [6.45, 7) is 3.10. The quantitative estimate of drug-likeness (QED) is 0.733. The van der Waals surface area contributed by atoms with Crippen LogP contribution < -0.4 is 5.32 Å².